The maximum Gasteiger partial charge on any atom is 0.211 e. The van der Waals surface area contributed by atoms with Crippen molar-refractivity contribution in [1.82, 2.24) is 4.68 Å². The fourth-order valence-corrected chi connectivity index (χ4v) is 4.83. The van der Waals surface area contributed by atoms with E-state index in [4.69, 9.17) is 5.26 Å². The van der Waals surface area contributed by atoms with Crippen molar-refractivity contribution >= 4 is 50.5 Å². The third-order valence-electron chi connectivity index (χ3n) is 3.94. The lowest BCUT2D eigenvalue weighted by Crippen LogP contribution is -2.11. The van der Waals surface area contributed by atoms with E-state index in [9.17, 15) is 4.39 Å². The molecule has 0 saturated carbocycles. The van der Waals surface area contributed by atoms with Gasteiger partial charge in [-0.05, 0) is 57.9 Å². The number of para-hydroxylation sites is 1. The second-order valence-corrected chi connectivity index (χ2v) is 9.16. The standard InChI is InChI=1S/C21H12BrFN4S2/c22-20-10-9-19(29-20)18-13-28-21(26-17-4-2-1-3-16(17)23)27(18)25-12-15-7-5-14(11-24)6-8-15/h1-10,12-13H/b25-12-,26-21?. The number of hydrogen-bond acceptors (Lipinski definition) is 5. The summed E-state index contributed by atoms with van der Waals surface area (Å²) in [6.45, 7) is 0. The first-order chi connectivity index (χ1) is 14.1. The normalized spacial score (nSPS) is 11.8. The Kier molecular flexibility index (Phi) is 5.81. The molecular formula is C21H12BrFN4S2. The van der Waals surface area contributed by atoms with Gasteiger partial charge in [0.05, 0.1) is 32.2 Å². The molecule has 2 heterocycles. The highest BCUT2D eigenvalue weighted by Gasteiger charge is 2.10. The Morgan fingerprint density at radius 3 is 2.55 bits per heavy atom. The highest BCUT2D eigenvalue weighted by atomic mass is 79.9. The van der Waals surface area contributed by atoms with E-state index < -0.39 is 0 Å². The molecule has 0 amide bonds. The van der Waals surface area contributed by atoms with Crippen molar-refractivity contribution in [2.24, 2.45) is 10.1 Å². The Balaban J connectivity index is 1.82. The van der Waals surface area contributed by atoms with E-state index in [0.717, 1.165) is 19.9 Å². The SMILES string of the molecule is N#Cc1ccc(/C=N\n2c(-c3ccc(Br)s3)csc2=Nc2ccccc2F)cc1. The van der Waals surface area contributed by atoms with Crippen LogP contribution in [0.1, 0.15) is 11.1 Å². The molecule has 0 N–H and O–H groups in total. The van der Waals surface area contributed by atoms with E-state index in [1.165, 1.54) is 17.4 Å². The third kappa shape index (κ3) is 4.43. The number of nitrogens with zero attached hydrogens (tertiary/aromatic N) is 4. The molecule has 4 aromatic rings. The first-order valence-electron chi connectivity index (χ1n) is 8.44. The maximum absolute atomic E-state index is 14.1. The quantitative estimate of drug-likeness (QED) is 0.321. The first kappa shape index (κ1) is 19.5. The highest BCUT2D eigenvalue weighted by Crippen LogP contribution is 2.31. The number of hydrogen-bond donors (Lipinski definition) is 0. The summed E-state index contributed by atoms with van der Waals surface area (Å²) in [7, 11) is 0. The number of thiazole rings is 1. The molecule has 142 valence electrons. The van der Waals surface area contributed by atoms with Gasteiger partial charge in [-0.3, -0.25) is 0 Å². The fourth-order valence-electron chi connectivity index (χ4n) is 2.52. The number of halogens is 2. The van der Waals surface area contributed by atoms with Gasteiger partial charge in [-0.2, -0.15) is 10.4 Å². The average molecular weight is 483 g/mol. The molecule has 0 atom stereocenters. The molecule has 4 nitrogen and oxygen atoms in total. The minimum absolute atomic E-state index is 0.260. The number of thiophene rings is 1. The predicted octanol–water partition coefficient (Wildman–Crippen LogP) is 6.17. The predicted molar refractivity (Wildman–Crippen MR) is 119 cm³/mol. The minimum atomic E-state index is -0.385. The van der Waals surface area contributed by atoms with Gasteiger partial charge in [-0.1, -0.05) is 24.3 Å². The van der Waals surface area contributed by atoms with Crippen LogP contribution in [0.5, 0.6) is 0 Å². The Morgan fingerprint density at radius 1 is 1.07 bits per heavy atom. The van der Waals surface area contributed by atoms with Crippen LogP contribution in [0.3, 0.4) is 0 Å². The summed E-state index contributed by atoms with van der Waals surface area (Å²) in [5.41, 5.74) is 2.56. The topological polar surface area (TPSA) is 53.4 Å². The molecule has 4 rings (SSSR count). The molecular weight excluding hydrogens is 471 g/mol. The molecule has 0 fully saturated rings. The minimum Gasteiger partial charge on any atom is -0.217 e. The number of rotatable bonds is 4. The Labute approximate surface area is 182 Å². The van der Waals surface area contributed by atoms with Crippen LogP contribution >= 0.6 is 38.6 Å². The molecule has 0 saturated heterocycles. The van der Waals surface area contributed by atoms with Gasteiger partial charge < -0.3 is 0 Å². The van der Waals surface area contributed by atoms with Crippen LogP contribution in [-0.4, -0.2) is 10.9 Å². The summed E-state index contributed by atoms with van der Waals surface area (Å²) in [4.78, 5) is 6.04. The van der Waals surface area contributed by atoms with E-state index in [1.54, 1.807) is 52.6 Å². The number of aromatic nitrogens is 1. The zero-order chi connectivity index (χ0) is 20.2. The van der Waals surface area contributed by atoms with Gasteiger partial charge in [0.25, 0.3) is 0 Å². The Morgan fingerprint density at radius 2 is 1.86 bits per heavy atom. The van der Waals surface area contributed by atoms with Crippen molar-refractivity contribution in [2.75, 3.05) is 0 Å². The zero-order valence-corrected chi connectivity index (χ0v) is 18.0. The molecule has 29 heavy (non-hydrogen) atoms. The second-order valence-electron chi connectivity index (χ2n) is 5.86. The average Bonchev–Trinajstić information content (AvgIpc) is 3.34. The van der Waals surface area contributed by atoms with Crippen LogP contribution in [0.15, 0.2) is 79.9 Å². The van der Waals surface area contributed by atoms with Gasteiger partial charge in [0.2, 0.25) is 4.80 Å². The van der Waals surface area contributed by atoms with E-state index in [0.29, 0.717) is 10.4 Å². The van der Waals surface area contributed by atoms with Gasteiger partial charge in [0, 0.05) is 5.38 Å². The lowest BCUT2D eigenvalue weighted by atomic mass is 10.2. The highest BCUT2D eigenvalue weighted by molar-refractivity contribution is 9.11. The molecule has 0 aliphatic carbocycles. The van der Waals surface area contributed by atoms with Crippen LogP contribution in [0.2, 0.25) is 0 Å². The van der Waals surface area contributed by atoms with Gasteiger partial charge in [-0.25, -0.2) is 14.1 Å². The third-order valence-corrected chi connectivity index (χ3v) is 6.40. The second kappa shape index (κ2) is 8.66. The van der Waals surface area contributed by atoms with Gasteiger partial charge in [0.1, 0.15) is 11.5 Å². The Hall–Kier alpha value is -2.86. The Bertz CT molecular complexity index is 1290. The monoisotopic (exact) mass is 482 g/mol. The van der Waals surface area contributed by atoms with Crippen molar-refractivity contribution in [3.63, 3.8) is 0 Å². The summed E-state index contributed by atoms with van der Waals surface area (Å²) in [6, 6.07) is 19.6. The van der Waals surface area contributed by atoms with Crippen LogP contribution in [-0.2, 0) is 0 Å². The molecule has 0 aliphatic heterocycles. The molecule has 0 radical (unpaired) electrons. The van der Waals surface area contributed by atoms with Crippen molar-refractivity contribution in [3.05, 3.63) is 91.6 Å². The van der Waals surface area contributed by atoms with Gasteiger partial charge in [0.15, 0.2) is 0 Å². The van der Waals surface area contributed by atoms with E-state index in [1.807, 2.05) is 29.6 Å². The lowest BCUT2D eigenvalue weighted by Gasteiger charge is -2.01. The maximum atomic E-state index is 14.1. The molecule has 8 heteroatoms. The summed E-state index contributed by atoms with van der Waals surface area (Å²) >= 11 is 6.46. The molecule has 0 unspecified atom stereocenters. The number of nitriles is 1. The molecule has 2 aromatic carbocycles. The molecule has 0 aliphatic rings. The van der Waals surface area contributed by atoms with Gasteiger partial charge in [-0.15, -0.1) is 22.7 Å². The van der Waals surface area contributed by atoms with E-state index in [2.05, 4.69) is 32.1 Å². The smallest absolute Gasteiger partial charge is 0.211 e. The fraction of sp³-hybridized carbons (Fsp3) is 0. The van der Waals surface area contributed by atoms with Crippen LogP contribution in [0.25, 0.3) is 10.6 Å². The van der Waals surface area contributed by atoms with Crippen LogP contribution < -0.4 is 4.80 Å². The summed E-state index contributed by atoms with van der Waals surface area (Å²) < 4.78 is 16.8. The molecule has 0 bridgehead atoms. The lowest BCUT2D eigenvalue weighted by molar-refractivity contribution is 0.628. The van der Waals surface area contributed by atoms with Crippen molar-refractivity contribution in [2.45, 2.75) is 0 Å². The van der Waals surface area contributed by atoms with Crippen molar-refractivity contribution in [1.29, 1.82) is 5.26 Å². The van der Waals surface area contributed by atoms with E-state index in [-0.39, 0.29) is 11.5 Å². The summed E-state index contributed by atoms with van der Waals surface area (Å²) in [6.07, 6.45) is 1.69. The zero-order valence-electron chi connectivity index (χ0n) is 14.8. The largest absolute Gasteiger partial charge is 0.217 e. The molecule has 0 spiro atoms. The number of benzene rings is 2. The van der Waals surface area contributed by atoms with Crippen LogP contribution in [0.4, 0.5) is 10.1 Å². The summed E-state index contributed by atoms with van der Waals surface area (Å²) in [5.74, 6) is -0.385. The summed E-state index contributed by atoms with van der Waals surface area (Å²) in [5, 5.41) is 15.5. The van der Waals surface area contributed by atoms with Crippen LogP contribution in [0, 0.1) is 17.1 Å². The molecule has 2 aromatic heterocycles. The van der Waals surface area contributed by atoms with E-state index >= 15 is 0 Å². The van der Waals surface area contributed by atoms with Crippen molar-refractivity contribution < 1.29 is 4.39 Å². The van der Waals surface area contributed by atoms with Crippen molar-refractivity contribution in [3.8, 4) is 16.6 Å². The van der Waals surface area contributed by atoms with Gasteiger partial charge >= 0.3 is 0 Å². The first-order valence-corrected chi connectivity index (χ1v) is 10.9.